The van der Waals surface area contributed by atoms with Crippen molar-refractivity contribution in [3.8, 4) is 65.5 Å². The molecule has 12 aromatic rings. The molecule has 6 aromatic heterocycles. The molecule has 6 amide bonds. The smallest absolute Gasteiger partial charge is 0.329 e. The number of hydrogen-bond donors (Lipinski definition) is 3. The van der Waals surface area contributed by atoms with Crippen molar-refractivity contribution in [2.45, 2.75) is 83.5 Å². The number of amides is 6. The van der Waals surface area contributed by atoms with E-state index in [1.807, 2.05) is 72.8 Å². The van der Waals surface area contributed by atoms with E-state index in [0.717, 1.165) is 86.7 Å². The van der Waals surface area contributed by atoms with Crippen LogP contribution in [0, 0.1) is 11.6 Å². The molecule has 109 heavy (non-hydrogen) atoms. The van der Waals surface area contributed by atoms with Gasteiger partial charge in [-0.2, -0.15) is 0 Å². The van der Waals surface area contributed by atoms with Crippen LogP contribution in [0.1, 0.15) is 77.3 Å². The summed E-state index contributed by atoms with van der Waals surface area (Å²) in [5.74, 6) is -0.292. The lowest BCUT2D eigenvalue weighted by Crippen LogP contribution is -2.31. The second-order valence-electron chi connectivity index (χ2n) is 29.0. The van der Waals surface area contributed by atoms with Crippen molar-refractivity contribution in [1.82, 2.24) is 44.9 Å². The molecule has 23 nitrogen and oxygen atoms in total. The minimum atomic E-state index is -3.31. The third-order valence-electron chi connectivity index (χ3n) is 17.8. The van der Waals surface area contributed by atoms with Crippen LogP contribution < -0.4 is 46.6 Å². The Balaban J connectivity index is 0.000000144. The summed E-state index contributed by atoms with van der Waals surface area (Å²) in [7, 11) is -3.31. The number of halogens is 3. The first kappa shape index (κ1) is 76.0. The molecule has 6 N–H and O–H groups in total. The van der Waals surface area contributed by atoms with Crippen molar-refractivity contribution in [3.05, 3.63) is 208 Å². The normalized spacial score (nSPS) is 14.2. The quantitative estimate of drug-likeness (QED) is 0.0966. The molecule has 558 valence electrons. The van der Waals surface area contributed by atoms with Crippen LogP contribution in [0.15, 0.2) is 181 Å². The topological polar surface area (TPSA) is 299 Å². The van der Waals surface area contributed by atoms with Crippen molar-refractivity contribution >= 4 is 126 Å². The van der Waals surface area contributed by atoms with Gasteiger partial charge in [-0.25, -0.2) is 76.4 Å². The van der Waals surface area contributed by atoms with E-state index in [9.17, 15) is 31.6 Å². The van der Waals surface area contributed by atoms with Crippen LogP contribution in [0.25, 0.3) is 65.5 Å². The number of hydrogen-bond acceptors (Lipinski definition) is 20. The van der Waals surface area contributed by atoms with E-state index in [0.29, 0.717) is 73.4 Å². The summed E-state index contributed by atoms with van der Waals surface area (Å²) in [5, 5.41) is 2.89. The molecule has 0 radical (unpaired) electrons. The van der Waals surface area contributed by atoms with Gasteiger partial charge in [-0.05, 0) is 138 Å². The van der Waals surface area contributed by atoms with E-state index in [2.05, 4.69) is 92.2 Å². The summed E-state index contributed by atoms with van der Waals surface area (Å²) in [6.45, 7) is 22.1. The number of carbonyl (C=O) groups excluding carboxylic acids is 3. The Kier molecular flexibility index (Phi) is 21.2. The molecule has 6 aromatic carbocycles. The first-order valence-electron chi connectivity index (χ1n) is 34.6. The first-order valence-corrected chi connectivity index (χ1v) is 39.4. The van der Waals surface area contributed by atoms with Crippen molar-refractivity contribution in [3.63, 3.8) is 0 Å². The summed E-state index contributed by atoms with van der Waals surface area (Å²) < 4.78 is 50.6. The zero-order valence-corrected chi connectivity index (χ0v) is 65.3. The Morgan fingerprint density at radius 1 is 0.394 bits per heavy atom. The Labute approximate surface area is 646 Å². The van der Waals surface area contributed by atoms with Crippen LogP contribution in [0.5, 0.6) is 0 Å². The lowest BCUT2D eigenvalue weighted by molar-refractivity contribution is 0.255. The fraction of sp³-hybridized carbons (Fsp3) is 0.241. The van der Waals surface area contributed by atoms with Gasteiger partial charge in [-0.15, -0.1) is 34.0 Å². The molecule has 15 rings (SSSR count). The van der Waals surface area contributed by atoms with Gasteiger partial charge < -0.3 is 17.2 Å². The van der Waals surface area contributed by atoms with Gasteiger partial charge in [0.15, 0.2) is 9.84 Å². The molecule has 0 spiro atoms. The number of thiazole rings is 3. The zero-order valence-electron chi connectivity index (χ0n) is 61.2. The highest BCUT2D eigenvalue weighted by molar-refractivity contribution is 7.90. The number of nitrogens with two attached hydrogens (primary N) is 3. The molecular weight excluding hydrogens is 1480 g/mol. The van der Waals surface area contributed by atoms with E-state index in [1.54, 1.807) is 131 Å². The maximum atomic E-state index is 13.6. The molecule has 0 saturated carbocycles. The Morgan fingerprint density at radius 3 is 0.982 bits per heavy atom. The number of urea groups is 3. The molecule has 0 bridgehead atoms. The van der Waals surface area contributed by atoms with Gasteiger partial charge in [0.25, 0.3) is 0 Å². The highest BCUT2D eigenvalue weighted by atomic mass is 35.5. The molecule has 3 saturated heterocycles. The third kappa shape index (κ3) is 16.6. The van der Waals surface area contributed by atoms with Crippen LogP contribution in [-0.2, 0) is 26.1 Å². The molecule has 3 fully saturated rings. The van der Waals surface area contributed by atoms with Gasteiger partial charge in [0.1, 0.15) is 28.7 Å². The number of rotatable bonds is 13. The summed E-state index contributed by atoms with van der Waals surface area (Å²) in [4.78, 5) is 93.0. The summed E-state index contributed by atoms with van der Waals surface area (Å²) >= 11 is 10.7. The number of nitrogen functional groups attached to an aromatic ring is 3. The lowest BCUT2D eigenvalue weighted by Gasteiger charge is -2.19. The molecule has 3 aliphatic rings. The lowest BCUT2D eigenvalue weighted by atomic mass is 9.98. The number of anilines is 9. The maximum absolute atomic E-state index is 13.6. The van der Waals surface area contributed by atoms with E-state index < -0.39 is 15.7 Å². The van der Waals surface area contributed by atoms with Crippen molar-refractivity contribution < 1.29 is 31.6 Å². The minimum Gasteiger partial charge on any atom is -0.368 e. The van der Waals surface area contributed by atoms with E-state index in [-0.39, 0.29) is 67.9 Å². The van der Waals surface area contributed by atoms with Crippen LogP contribution >= 0.6 is 45.6 Å². The van der Waals surface area contributed by atoms with Crippen LogP contribution in [0.4, 0.5) is 75.1 Å². The van der Waals surface area contributed by atoms with E-state index in [4.69, 9.17) is 43.8 Å². The zero-order chi connectivity index (χ0) is 77.6. The predicted molar refractivity (Wildman–Crippen MR) is 433 cm³/mol. The first-order chi connectivity index (χ1) is 51.7. The predicted octanol–water partition coefficient (Wildman–Crippen LogP) is 17.1. The van der Waals surface area contributed by atoms with E-state index in [1.165, 1.54) is 36.4 Å². The highest BCUT2D eigenvalue weighted by Gasteiger charge is 2.36. The van der Waals surface area contributed by atoms with E-state index >= 15 is 0 Å². The van der Waals surface area contributed by atoms with Crippen LogP contribution in [0.3, 0.4) is 0 Å². The number of sulfone groups is 1. The molecule has 30 heteroatoms. The fourth-order valence-electron chi connectivity index (χ4n) is 12.2. The van der Waals surface area contributed by atoms with Gasteiger partial charge in [0.05, 0.1) is 56.7 Å². The number of aromatic nitrogens is 9. The molecule has 0 atom stereocenters. The SMILES string of the molecule is CC(C)(C)c1nc(-c2ccnc(N)n2)c(-c2cccc(N3CCN(c4ccc(F)c(Cl)c4)C3=O)c2)s1.CC(C)(C)c1nc(-c2ccnc(N)n2)c(-c2cccc(N3CCN(c4ccc(F)cc4)C3=O)c2)s1.CC(C)(C)c1nc(-c2ccnc(N)n2)c(-c2cccc(N3CCN(c4ccc(S(C)(=O)=O)cc4)C3=O)c2)s1. The molecule has 3 aliphatic heterocycles. The Hall–Kier alpha value is -11.2. The van der Waals surface area contributed by atoms with Gasteiger partial charge in [-0.3, -0.25) is 29.4 Å². The Morgan fingerprint density at radius 2 is 0.688 bits per heavy atom. The highest BCUT2D eigenvalue weighted by Crippen LogP contribution is 2.46. The average molecular weight is 1560 g/mol. The fourth-order valence-corrected chi connectivity index (χ4v) is 16.4. The summed E-state index contributed by atoms with van der Waals surface area (Å²) in [6, 6.07) is 45.0. The number of nitrogens with zero attached hydrogens (tertiary/aromatic N) is 15. The largest absolute Gasteiger partial charge is 0.368 e. The van der Waals surface area contributed by atoms with Gasteiger partial charge >= 0.3 is 18.1 Å². The number of benzene rings is 6. The average Bonchev–Trinajstić information content (AvgIpc) is 1.64. The minimum absolute atomic E-state index is 0.0153. The molecule has 0 aliphatic carbocycles. The van der Waals surface area contributed by atoms with Gasteiger partial charge in [0.2, 0.25) is 17.8 Å². The van der Waals surface area contributed by atoms with Crippen molar-refractivity contribution in [2.75, 3.05) is 92.1 Å². The summed E-state index contributed by atoms with van der Waals surface area (Å²) in [6.07, 6.45) is 6.03. The molecular formula is C79H77ClF2N18O5S4. The molecule has 0 unspecified atom stereocenters. The van der Waals surface area contributed by atoms with Gasteiger partial charge in [0, 0.05) is 114 Å². The third-order valence-corrected chi connectivity index (χ3v) is 23.8. The molecule has 9 heterocycles. The second kappa shape index (κ2) is 30.4. The summed E-state index contributed by atoms with van der Waals surface area (Å²) in [5.41, 5.74) is 28.2. The maximum Gasteiger partial charge on any atom is 0.329 e. The van der Waals surface area contributed by atoms with Crippen LogP contribution in [0.2, 0.25) is 5.02 Å². The monoisotopic (exact) mass is 1560 g/mol. The standard InChI is InChI=1S/C27H28N6O3S2.C26H24ClFN6OS.C26H25FN6OS/c1-27(2,3)24-31-22(21-12-13-29-25(28)30-21)23(37-24)17-6-5-7-19(16-17)33-15-14-32(26(33)34)18-8-10-20(11-9-18)38(4,35)36;1-26(2,3)23-32-21(20-9-10-30-24(29)31-20)22(36-23)15-5-4-6-16(13-15)33-11-12-34(25(33)35)17-7-8-19(28)18(27)14-17;1-26(2,3)23-31-21(20-11-12-29-24(28)30-20)22(35-23)16-5-4-6-19(15-16)33-14-13-32(25(33)34)18-9-7-17(27)8-10-18/h5-13,16H,14-15H2,1-4H3,(H2,28,29,30);4-10,13-14H,11-12H2,1-3H3,(H2,29,30,31);4-12,15H,13-14H2,1-3H3,(H2,28,29,30). The second-order valence-corrected chi connectivity index (χ2v) is 34.4. The number of carbonyl (C=O) groups is 3. The van der Waals surface area contributed by atoms with Crippen molar-refractivity contribution in [2.24, 2.45) is 0 Å². The van der Waals surface area contributed by atoms with Crippen LogP contribution in [-0.4, -0.2) is 117 Å². The Bertz CT molecular complexity index is 5570. The van der Waals surface area contributed by atoms with Gasteiger partial charge in [-0.1, -0.05) is 110 Å². The van der Waals surface area contributed by atoms with Crippen molar-refractivity contribution in [1.29, 1.82) is 0 Å².